The Balaban J connectivity index is 2.08. The van der Waals surface area contributed by atoms with Crippen LogP contribution in [0.2, 0.25) is 0 Å². The highest BCUT2D eigenvalue weighted by Crippen LogP contribution is 2.13. The molecule has 0 aliphatic carbocycles. The maximum Gasteiger partial charge on any atom is 0.318 e. The summed E-state index contributed by atoms with van der Waals surface area (Å²) in [7, 11) is 1.41. The summed E-state index contributed by atoms with van der Waals surface area (Å²) < 4.78 is 18.0. The Labute approximate surface area is 101 Å². The molecule has 1 N–H and O–H groups in total. The fraction of sp³-hybridized carbons (Fsp3) is 0.100. The summed E-state index contributed by atoms with van der Waals surface area (Å²) in [4.78, 5) is 8.35. The van der Waals surface area contributed by atoms with E-state index >= 15 is 0 Å². The number of hydrogen-bond donors (Lipinski definition) is 1. The highest BCUT2D eigenvalue weighted by atomic mass is 32.1. The molecule has 2 aromatic rings. The van der Waals surface area contributed by atoms with Gasteiger partial charge >= 0.3 is 6.01 Å². The summed E-state index contributed by atoms with van der Waals surface area (Å²) in [5.74, 6) is -0.612. The van der Waals surface area contributed by atoms with E-state index in [1.54, 1.807) is 6.21 Å². The fourth-order valence-corrected chi connectivity index (χ4v) is 1.63. The second kappa shape index (κ2) is 5.35. The molecule has 0 spiro atoms. The second-order valence-electron chi connectivity index (χ2n) is 2.94. The standard InChI is InChI=1S/C10H9FN4OS/c1-16-10-12-6-8(11)9(14-10)15-13-5-7-3-2-4-17-7/h2-6H,1H3,(H,12,14,15)/b13-5+. The van der Waals surface area contributed by atoms with Crippen LogP contribution in [0.4, 0.5) is 10.2 Å². The maximum atomic E-state index is 13.3. The van der Waals surface area contributed by atoms with Crippen molar-refractivity contribution in [1.29, 1.82) is 0 Å². The van der Waals surface area contributed by atoms with Crippen molar-refractivity contribution in [2.24, 2.45) is 5.10 Å². The van der Waals surface area contributed by atoms with Crippen LogP contribution in [0.25, 0.3) is 0 Å². The average molecular weight is 252 g/mol. The van der Waals surface area contributed by atoms with Crippen LogP contribution in [0, 0.1) is 5.82 Å². The molecule has 0 amide bonds. The third kappa shape index (κ3) is 2.97. The average Bonchev–Trinajstić information content (AvgIpc) is 2.84. The topological polar surface area (TPSA) is 59.4 Å². The minimum atomic E-state index is -0.589. The van der Waals surface area contributed by atoms with Crippen LogP contribution in [0.5, 0.6) is 6.01 Å². The molecule has 0 saturated heterocycles. The van der Waals surface area contributed by atoms with Crippen molar-refractivity contribution in [2.75, 3.05) is 12.5 Å². The summed E-state index contributed by atoms with van der Waals surface area (Å²) >= 11 is 1.53. The van der Waals surface area contributed by atoms with Gasteiger partial charge in [-0.1, -0.05) is 6.07 Å². The molecular formula is C10H9FN4OS. The van der Waals surface area contributed by atoms with E-state index in [2.05, 4.69) is 20.5 Å². The summed E-state index contributed by atoms with van der Waals surface area (Å²) in [5, 5.41) is 5.80. The van der Waals surface area contributed by atoms with Gasteiger partial charge in [0, 0.05) is 4.88 Å². The molecule has 17 heavy (non-hydrogen) atoms. The van der Waals surface area contributed by atoms with E-state index in [0.29, 0.717) is 0 Å². The van der Waals surface area contributed by atoms with Crippen LogP contribution in [-0.2, 0) is 0 Å². The Morgan fingerprint density at radius 2 is 2.47 bits per heavy atom. The molecule has 2 rings (SSSR count). The van der Waals surface area contributed by atoms with E-state index in [1.165, 1.54) is 18.4 Å². The molecule has 0 saturated carbocycles. The zero-order valence-corrected chi connectivity index (χ0v) is 9.74. The molecule has 5 nitrogen and oxygen atoms in total. The first-order valence-corrected chi connectivity index (χ1v) is 5.56. The molecular weight excluding hydrogens is 243 g/mol. The number of thiophene rings is 1. The Bertz CT molecular complexity index is 515. The van der Waals surface area contributed by atoms with Crippen molar-refractivity contribution in [2.45, 2.75) is 0 Å². The van der Waals surface area contributed by atoms with Gasteiger partial charge in [-0.05, 0) is 11.4 Å². The lowest BCUT2D eigenvalue weighted by Crippen LogP contribution is -2.00. The Hall–Kier alpha value is -2.02. The van der Waals surface area contributed by atoms with Gasteiger partial charge in [0.25, 0.3) is 0 Å². The highest BCUT2D eigenvalue weighted by molar-refractivity contribution is 7.11. The minimum absolute atomic E-state index is 0.0235. The van der Waals surface area contributed by atoms with Crippen molar-refractivity contribution in [3.8, 4) is 6.01 Å². The van der Waals surface area contributed by atoms with Crippen molar-refractivity contribution < 1.29 is 9.13 Å². The quantitative estimate of drug-likeness (QED) is 0.669. The van der Waals surface area contributed by atoms with E-state index in [0.717, 1.165) is 11.1 Å². The summed E-state index contributed by atoms with van der Waals surface area (Å²) in [6, 6.07) is 3.88. The molecule has 0 aliphatic rings. The zero-order chi connectivity index (χ0) is 12.1. The summed E-state index contributed by atoms with van der Waals surface area (Å²) in [5.41, 5.74) is 2.50. The van der Waals surface area contributed by atoms with Gasteiger partial charge in [0.15, 0.2) is 11.6 Å². The van der Waals surface area contributed by atoms with E-state index in [1.807, 2.05) is 17.5 Å². The Kier molecular flexibility index (Phi) is 3.61. The molecule has 2 aromatic heterocycles. The predicted octanol–water partition coefficient (Wildman–Crippen LogP) is 2.13. The molecule has 7 heteroatoms. The lowest BCUT2D eigenvalue weighted by molar-refractivity contribution is 0.377. The number of halogens is 1. The third-order valence-corrected chi connectivity index (χ3v) is 2.62. The van der Waals surface area contributed by atoms with E-state index < -0.39 is 5.82 Å². The molecule has 0 radical (unpaired) electrons. The number of nitrogens with zero attached hydrogens (tertiary/aromatic N) is 3. The smallest absolute Gasteiger partial charge is 0.318 e. The van der Waals surface area contributed by atoms with Crippen LogP contribution in [0.3, 0.4) is 0 Å². The predicted molar refractivity (Wildman–Crippen MR) is 64.1 cm³/mol. The van der Waals surface area contributed by atoms with Gasteiger partial charge in [0.1, 0.15) is 0 Å². The van der Waals surface area contributed by atoms with Gasteiger partial charge < -0.3 is 4.74 Å². The van der Waals surface area contributed by atoms with Gasteiger partial charge in [0.2, 0.25) is 0 Å². The van der Waals surface area contributed by atoms with Crippen LogP contribution in [0.1, 0.15) is 4.88 Å². The molecule has 0 unspecified atom stereocenters. The van der Waals surface area contributed by atoms with E-state index in [4.69, 9.17) is 4.74 Å². The second-order valence-corrected chi connectivity index (χ2v) is 3.92. The van der Waals surface area contributed by atoms with Gasteiger partial charge in [-0.25, -0.2) is 9.37 Å². The number of hydrogen-bond acceptors (Lipinski definition) is 6. The molecule has 0 bridgehead atoms. The number of nitrogens with one attached hydrogen (secondary N) is 1. The Morgan fingerprint density at radius 3 is 3.18 bits per heavy atom. The molecule has 0 atom stereocenters. The first-order valence-electron chi connectivity index (χ1n) is 4.68. The molecule has 2 heterocycles. The molecule has 0 aliphatic heterocycles. The van der Waals surface area contributed by atoms with Crippen molar-refractivity contribution in [3.05, 3.63) is 34.4 Å². The summed E-state index contributed by atoms with van der Waals surface area (Å²) in [6.45, 7) is 0. The maximum absolute atomic E-state index is 13.3. The Morgan fingerprint density at radius 1 is 1.59 bits per heavy atom. The highest BCUT2D eigenvalue weighted by Gasteiger charge is 2.05. The van der Waals surface area contributed by atoms with Crippen LogP contribution < -0.4 is 10.2 Å². The fourth-order valence-electron chi connectivity index (χ4n) is 1.05. The first kappa shape index (κ1) is 11.5. The van der Waals surface area contributed by atoms with Gasteiger partial charge in [0.05, 0.1) is 19.5 Å². The number of anilines is 1. The number of rotatable bonds is 4. The minimum Gasteiger partial charge on any atom is -0.467 e. The number of ether oxygens (including phenoxy) is 1. The molecule has 0 aromatic carbocycles. The van der Waals surface area contributed by atoms with Crippen molar-refractivity contribution >= 4 is 23.4 Å². The number of methoxy groups -OCH3 is 1. The van der Waals surface area contributed by atoms with Gasteiger partial charge in [-0.15, -0.1) is 11.3 Å². The SMILES string of the molecule is COc1ncc(F)c(N/N=C/c2cccs2)n1. The van der Waals surface area contributed by atoms with Crippen LogP contribution >= 0.6 is 11.3 Å². The van der Waals surface area contributed by atoms with Crippen molar-refractivity contribution in [3.63, 3.8) is 0 Å². The van der Waals surface area contributed by atoms with Crippen molar-refractivity contribution in [1.82, 2.24) is 9.97 Å². The summed E-state index contributed by atoms with van der Waals surface area (Å²) in [6.07, 6.45) is 2.60. The molecule has 88 valence electrons. The largest absolute Gasteiger partial charge is 0.467 e. The normalized spacial score (nSPS) is 10.7. The van der Waals surface area contributed by atoms with E-state index in [-0.39, 0.29) is 11.8 Å². The van der Waals surface area contributed by atoms with Gasteiger partial charge in [-0.2, -0.15) is 10.1 Å². The van der Waals surface area contributed by atoms with Gasteiger partial charge in [-0.3, -0.25) is 5.43 Å². The first-order chi connectivity index (χ1) is 8.29. The monoisotopic (exact) mass is 252 g/mol. The zero-order valence-electron chi connectivity index (χ0n) is 8.92. The number of aromatic nitrogens is 2. The number of hydrazone groups is 1. The lowest BCUT2D eigenvalue weighted by Gasteiger charge is -2.02. The van der Waals surface area contributed by atoms with E-state index in [9.17, 15) is 4.39 Å². The van der Waals surface area contributed by atoms with Crippen LogP contribution in [0.15, 0.2) is 28.8 Å². The van der Waals surface area contributed by atoms with Crippen LogP contribution in [-0.4, -0.2) is 23.3 Å². The molecule has 0 fully saturated rings. The third-order valence-electron chi connectivity index (χ3n) is 1.81. The lowest BCUT2D eigenvalue weighted by atomic mass is 10.5.